The van der Waals surface area contributed by atoms with Crippen LogP contribution in [0.2, 0.25) is 0 Å². The van der Waals surface area contributed by atoms with Crippen LogP contribution in [0.4, 0.5) is 8.78 Å². The van der Waals surface area contributed by atoms with Crippen molar-refractivity contribution in [3.05, 3.63) is 21.9 Å². The van der Waals surface area contributed by atoms with E-state index in [0.29, 0.717) is 0 Å². The first-order valence-corrected chi connectivity index (χ1v) is 4.52. The van der Waals surface area contributed by atoms with Gasteiger partial charge in [-0.15, -0.1) is 0 Å². The molecule has 0 atom stereocenters. The van der Waals surface area contributed by atoms with Gasteiger partial charge in [0.2, 0.25) is 0 Å². The van der Waals surface area contributed by atoms with Gasteiger partial charge in [-0.2, -0.15) is 0 Å². The normalized spacial score (nSPS) is 10.5. The second kappa shape index (κ2) is 4.52. The number of carbonyl (C=O) groups is 1. The molecule has 1 rings (SSSR count). The van der Waals surface area contributed by atoms with Crippen LogP contribution in [0.3, 0.4) is 0 Å². The third kappa shape index (κ3) is 2.23. The third-order valence-corrected chi connectivity index (χ3v) is 2.27. The fourth-order valence-electron chi connectivity index (χ4n) is 0.946. The lowest BCUT2D eigenvalue weighted by Gasteiger charge is -2.08. The molecule has 0 bridgehead atoms. The molecule has 0 amide bonds. The van der Waals surface area contributed by atoms with Crippen LogP contribution in [0.5, 0.6) is 5.75 Å². The Hall–Kier alpha value is -1.24. The third-order valence-electron chi connectivity index (χ3n) is 1.64. The zero-order valence-electron chi connectivity index (χ0n) is 7.50. The number of nitrogens with zero attached hydrogens (tertiary/aromatic N) is 1. The predicted molar refractivity (Wildman–Crippen MR) is 49.9 cm³/mol. The summed E-state index contributed by atoms with van der Waals surface area (Å²) in [5.74, 6) is -1.84. The number of hydrogen-bond acceptors (Lipinski definition) is 4. The van der Waals surface area contributed by atoms with Crippen molar-refractivity contribution in [2.45, 2.75) is 6.43 Å². The van der Waals surface area contributed by atoms with Crippen LogP contribution < -0.4 is 0 Å². The highest BCUT2D eigenvalue weighted by molar-refractivity contribution is 9.10. The topological polar surface area (TPSA) is 59.4 Å². The monoisotopic (exact) mass is 281 g/mol. The van der Waals surface area contributed by atoms with Crippen LogP contribution in [0.1, 0.15) is 22.5 Å². The molecule has 0 fully saturated rings. The molecule has 1 N–H and O–H groups in total. The molecule has 1 heterocycles. The van der Waals surface area contributed by atoms with Gasteiger partial charge in [0, 0.05) is 10.7 Å². The van der Waals surface area contributed by atoms with E-state index in [-0.39, 0.29) is 4.47 Å². The Bertz CT molecular complexity index is 398. The van der Waals surface area contributed by atoms with Crippen LogP contribution in [-0.2, 0) is 4.74 Å². The first-order valence-electron chi connectivity index (χ1n) is 3.72. The van der Waals surface area contributed by atoms with Crippen molar-refractivity contribution >= 4 is 21.9 Å². The second-order valence-electron chi connectivity index (χ2n) is 2.51. The van der Waals surface area contributed by atoms with Gasteiger partial charge in [0.15, 0.2) is 11.4 Å². The number of rotatable bonds is 2. The lowest BCUT2D eigenvalue weighted by Crippen LogP contribution is -2.06. The van der Waals surface area contributed by atoms with Crippen molar-refractivity contribution in [3.8, 4) is 5.75 Å². The van der Waals surface area contributed by atoms with Gasteiger partial charge in [-0.05, 0) is 15.9 Å². The maximum Gasteiger partial charge on any atom is 0.360 e. The second-order valence-corrected chi connectivity index (χ2v) is 3.36. The molecule has 0 saturated heterocycles. The summed E-state index contributed by atoms with van der Waals surface area (Å²) in [5, 5.41) is 9.37. The van der Waals surface area contributed by atoms with Crippen molar-refractivity contribution in [1.82, 2.24) is 4.98 Å². The first kappa shape index (κ1) is 11.8. The Morgan fingerprint density at radius 3 is 2.73 bits per heavy atom. The summed E-state index contributed by atoms with van der Waals surface area (Å²) in [7, 11) is 1.06. The van der Waals surface area contributed by atoms with Gasteiger partial charge in [-0.3, -0.25) is 0 Å². The molecule has 0 radical (unpaired) electrons. The van der Waals surface area contributed by atoms with Crippen LogP contribution in [-0.4, -0.2) is 23.2 Å². The van der Waals surface area contributed by atoms with Crippen molar-refractivity contribution < 1.29 is 23.4 Å². The highest BCUT2D eigenvalue weighted by atomic mass is 79.9. The van der Waals surface area contributed by atoms with E-state index in [1.54, 1.807) is 0 Å². The number of methoxy groups -OCH3 is 1. The Morgan fingerprint density at radius 1 is 1.67 bits per heavy atom. The zero-order valence-corrected chi connectivity index (χ0v) is 9.09. The van der Waals surface area contributed by atoms with E-state index in [1.807, 2.05) is 0 Å². The standard InChI is InChI=1S/C8H6BrF2NO3/c1-15-8(14)5-6(13)4(7(10)11)3(9)2-12-5/h2,7,13H,1H3. The van der Waals surface area contributed by atoms with Crippen LogP contribution in [0.15, 0.2) is 10.7 Å². The Balaban J connectivity index is 3.35. The first-order chi connectivity index (χ1) is 6.99. The number of aromatic hydroxyl groups is 1. The van der Waals surface area contributed by atoms with Gasteiger partial charge in [-0.25, -0.2) is 18.6 Å². The molecule has 0 saturated carbocycles. The smallest absolute Gasteiger partial charge is 0.360 e. The van der Waals surface area contributed by atoms with Gasteiger partial charge in [-0.1, -0.05) is 0 Å². The number of aromatic nitrogens is 1. The van der Waals surface area contributed by atoms with Crippen LogP contribution >= 0.6 is 15.9 Å². The zero-order chi connectivity index (χ0) is 11.6. The molecule has 0 aliphatic carbocycles. The summed E-state index contributed by atoms with van der Waals surface area (Å²) < 4.78 is 29.1. The largest absolute Gasteiger partial charge is 0.505 e. The number of carbonyl (C=O) groups excluding carboxylic acids is 1. The quantitative estimate of drug-likeness (QED) is 0.845. The van der Waals surface area contributed by atoms with Gasteiger partial charge in [0.25, 0.3) is 6.43 Å². The van der Waals surface area contributed by atoms with Crippen molar-refractivity contribution in [1.29, 1.82) is 0 Å². The minimum absolute atomic E-state index is 0.0670. The maximum atomic E-state index is 12.5. The van der Waals surface area contributed by atoms with Gasteiger partial charge >= 0.3 is 5.97 Å². The lowest BCUT2D eigenvalue weighted by atomic mass is 10.2. The van der Waals surface area contributed by atoms with Crippen molar-refractivity contribution in [2.75, 3.05) is 7.11 Å². The fourth-order valence-corrected chi connectivity index (χ4v) is 1.41. The summed E-state index contributed by atoms with van der Waals surface area (Å²) in [6.45, 7) is 0. The van der Waals surface area contributed by atoms with Gasteiger partial charge < -0.3 is 9.84 Å². The van der Waals surface area contributed by atoms with Crippen molar-refractivity contribution in [3.63, 3.8) is 0 Å². The molecule has 7 heteroatoms. The van der Waals surface area contributed by atoms with E-state index in [0.717, 1.165) is 13.3 Å². The summed E-state index contributed by atoms with van der Waals surface area (Å²) in [6, 6.07) is 0. The summed E-state index contributed by atoms with van der Waals surface area (Å²) in [5.41, 5.74) is -1.21. The Morgan fingerprint density at radius 2 is 2.27 bits per heavy atom. The van der Waals surface area contributed by atoms with E-state index >= 15 is 0 Å². The molecular formula is C8H6BrF2NO3. The molecule has 0 spiro atoms. The molecule has 4 nitrogen and oxygen atoms in total. The number of alkyl halides is 2. The highest BCUT2D eigenvalue weighted by Crippen LogP contribution is 2.36. The highest BCUT2D eigenvalue weighted by Gasteiger charge is 2.24. The predicted octanol–water partition coefficient (Wildman–Crippen LogP) is 2.27. The van der Waals surface area contributed by atoms with E-state index in [1.165, 1.54) is 0 Å². The molecule has 0 aliphatic heterocycles. The van der Waals surface area contributed by atoms with Gasteiger partial charge in [0.1, 0.15) is 0 Å². The molecule has 1 aromatic rings. The summed E-state index contributed by atoms with van der Waals surface area (Å²) in [6.07, 6.45) is -1.90. The summed E-state index contributed by atoms with van der Waals surface area (Å²) >= 11 is 2.80. The molecule has 15 heavy (non-hydrogen) atoms. The number of ether oxygens (including phenoxy) is 1. The van der Waals surface area contributed by atoms with E-state index < -0.39 is 29.4 Å². The van der Waals surface area contributed by atoms with E-state index in [4.69, 9.17) is 0 Å². The van der Waals surface area contributed by atoms with Crippen LogP contribution in [0, 0.1) is 0 Å². The fraction of sp³-hybridized carbons (Fsp3) is 0.250. The Labute approximate surface area is 92.0 Å². The molecule has 0 aromatic carbocycles. The SMILES string of the molecule is COC(=O)c1ncc(Br)c(C(F)F)c1O. The van der Waals surface area contributed by atoms with Gasteiger partial charge in [0.05, 0.1) is 12.7 Å². The maximum absolute atomic E-state index is 12.5. The average Bonchev–Trinajstić information content (AvgIpc) is 2.16. The molecule has 0 unspecified atom stereocenters. The van der Waals surface area contributed by atoms with Crippen molar-refractivity contribution in [2.24, 2.45) is 0 Å². The number of hydrogen-bond donors (Lipinski definition) is 1. The average molecular weight is 282 g/mol. The molecular weight excluding hydrogens is 276 g/mol. The lowest BCUT2D eigenvalue weighted by molar-refractivity contribution is 0.0589. The number of halogens is 3. The minimum atomic E-state index is -2.91. The molecule has 82 valence electrons. The Kier molecular flexibility index (Phi) is 3.57. The van der Waals surface area contributed by atoms with Crippen LogP contribution in [0.25, 0.3) is 0 Å². The minimum Gasteiger partial charge on any atom is -0.505 e. The molecule has 1 aromatic heterocycles. The van der Waals surface area contributed by atoms with E-state index in [9.17, 15) is 18.7 Å². The summed E-state index contributed by atoms with van der Waals surface area (Å²) in [4.78, 5) is 14.5. The number of pyridine rings is 1. The number of esters is 1. The van der Waals surface area contributed by atoms with E-state index in [2.05, 4.69) is 25.7 Å². The molecule has 0 aliphatic rings.